The van der Waals surface area contributed by atoms with E-state index in [1.165, 1.54) is 24.3 Å². The quantitative estimate of drug-likeness (QED) is 0.0409. The van der Waals surface area contributed by atoms with Crippen LogP contribution in [0.1, 0.15) is 84.3 Å². The van der Waals surface area contributed by atoms with Gasteiger partial charge in [0.15, 0.2) is 0 Å². The van der Waals surface area contributed by atoms with Gasteiger partial charge in [0.1, 0.15) is 11.5 Å². The Morgan fingerprint density at radius 1 is 0.865 bits per heavy atom. The lowest BCUT2D eigenvalue weighted by Crippen LogP contribution is -2.57. The Morgan fingerprint density at radius 3 is 2.06 bits per heavy atom. The molecule has 1 fully saturated rings. The lowest BCUT2D eigenvalue weighted by Gasteiger charge is -2.38. The van der Waals surface area contributed by atoms with Crippen molar-refractivity contribution < 1.29 is 47.8 Å². The fourth-order valence-corrected chi connectivity index (χ4v) is 4.89. The van der Waals surface area contributed by atoms with Gasteiger partial charge >= 0.3 is 23.9 Å². The third-order valence-electron chi connectivity index (χ3n) is 7.83. The van der Waals surface area contributed by atoms with Gasteiger partial charge in [-0.15, -0.1) is 0 Å². The minimum absolute atomic E-state index is 0.104. The van der Waals surface area contributed by atoms with Crippen molar-refractivity contribution >= 4 is 59.5 Å². The number of carbonyl (C=O) groups excluding carboxylic acids is 7. The molecule has 52 heavy (non-hydrogen) atoms. The number of ether oxygens (including phenoxy) is 3. The van der Waals surface area contributed by atoms with E-state index in [0.29, 0.717) is 36.1 Å². The van der Waals surface area contributed by atoms with Crippen LogP contribution in [-0.4, -0.2) is 80.6 Å². The zero-order chi connectivity index (χ0) is 38.7. The number of esters is 3. The van der Waals surface area contributed by atoms with Crippen molar-refractivity contribution in [1.29, 1.82) is 0 Å². The van der Waals surface area contributed by atoms with E-state index in [1.807, 2.05) is 27.7 Å². The van der Waals surface area contributed by atoms with Gasteiger partial charge in [0.25, 0.3) is 0 Å². The van der Waals surface area contributed by atoms with Gasteiger partial charge in [0.2, 0.25) is 17.7 Å². The Kier molecular flexibility index (Phi) is 18.1. The Hall–Kier alpha value is -5.21. The number of hydrogen-bond donors (Lipinski definition) is 5. The standard InChI is InChI=1S/C37H53N5O10/c1-6-50-35(48)37(17-8-18-37)34(47)42-28(9-7-19-40-36(38)49)33(46)39-20-16-30(43)41-29-21-26(11-14-31(44)51-22-24(2)3)10-12-27(29)13-15-32(45)52-23-25(4)5/h10-15,21,24-25,28H,6-9,16-20,22-23H2,1-5H3,(H,39,46)(H,41,43)(H,42,47)(H3,38,40,49)/b14-11+,15-13+/t28-/m0/s1. The van der Waals surface area contributed by atoms with Crippen LogP contribution in [0.5, 0.6) is 0 Å². The molecule has 15 heteroatoms. The molecule has 1 saturated carbocycles. The third-order valence-corrected chi connectivity index (χ3v) is 7.83. The number of urea groups is 1. The topological polar surface area (TPSA) is 221 Å². The van der Waals surface area contributed by atoms with Crippen molar-refractivity contribution in [2.75, 3.05) is 38.2 Å². The number of benzene rings is 1. The monoisotopic (exact) mass is 727 g/mol. The van der Waals surface area contributed by atoms with E-state index in [4.69, 9.17) is 19.9 Å². The number of primary amides is 1. The molecule has 5 amide bonds. The fraction of sp³-hybridized carbons (Fsp3) is 0.541. The first-order valence-electron chi connectivity index (χ1n) is 17.6. The van der Waals surface area contributed by atoms with Gasteiger partial charge in [0, 0.05) is 37.3 Å². The maximum absolute atomic E-state index is 13.3. The van der Waals surface area contributed by atoms with E-state index < -0.39 is 53.1 Å². The van der Waals surface area contributed by atoms with Crippen molar-refractivity contribution in [3.63, 3.8) is 0 Å². The van der Waals surface area contributed by atoms with Gasteiger partial charge in [-0.3, -0.25) is 19.2 Å². The smallest absolute Gasteiger partial charge is 0.330 e. The lowest BCUT2D eigenvalue weighted by molar-refractivity contribution is -0.168. The van der Waals surface area contributed by atoms with E-state index in [1.54, 1.807) is 25.1 Å². The fourth-order valence-electron chi connectivity index (χ4n) is 4.89. The second kappa shape index (κ2) is 21.9. The highest BCUT2D eigenvalue weighted by Crippen LogP contribution is 2.42. The zero-order valence-corrected chi connectivity index (χ0v) is 30.7. The molecular weight excluding hydrogens is 674 g/mol. The Balaban J connectivity index is 2.14. The third kappa shape index (κ3) is 15.0. The molecule has 0 aromatic heterocycles. The van der Waals surface area contributed by atoms with Crippen LogP contribution in [0.15, 0.2) is 30.4 Å². The molecule has 15 nitrogen and oxygen atoms in total. The molecule has 1 aromatic carbocycles. The number of nitrogens with two attached hydrogens (primary N) is 1. The van der Waals surface area contributed by atoms with Crippen LogP contribution in [0.2, 0.25) is 0 Å². The molecule has 1 atom stereocenters. The minimum Gasteiger partial charge on any atom is -0.465 e. The summed E-state index contributed by atoms with van der Waals surface area (Å²) in [7, 11) is 0. The second-order valence-electron chi connectivity index (χ2n) is 13.3. The summed E-state index contributed by atoms with van der Waals surface area (Å²) in [4.78, 5) is 87.6. The number of hydrogen-bond acceptors (Lipinski definition) is 10. The normalized spacial score (nSPS) is 14.0. The average molecular weight is 728 g/mol. The lowest BCUT2D eigenvalue weighted by atomic mass is 9.68. The summed E-state index contributed by atoms with van der Waals surface area (Å²) in [6.45, 7) is 9.98. The minimum atomic E-state index is -1.37. The van der Waals surface area contributed by atoms with Gasteiger partial charge in [-0.1, -0.05) is 46.2 Å². The van der Waals surface area contributed by atoms with Crippen molar-refractivity contribution in [3.8, 4) is 0 Å². The molecule has 0 saturated heterocycles. The Morgan fingerprint density at radius 2 is 1.50 bits per heavy atom. The molecule has 0 aliphatic heterocycles. The Labute approximate surface area is 304 Å². The van der Waals surface area contributed by atoms with Crippen LogP contribution in [0.4, 0.5) is 10.5 Å². The van der Waals surface area contributed by atoms with E-state index >= 15 is 0 Å². The molecule has 0 heterocycles. The predicted molar refractivity (Wildman–Crippen MR) is 194 cm³/mol. The van der Waals surface area contributed by atoms with Gasteiger partial charge in [-0.25, -0.2) is 14.4 Å². The molecule has 6 N–H and O–H groups in total. The highest BCUT2D eigenvalue weighted by molar-refractivity contribution is 6.05. The van der Waals surface area contributed by atoms with Crippen LogP contribution < -0.4 is 27.0 Å². The SMILES string of the molecule is CCOC(=O)C1(C(=O)N[C@@H](CCCNC(N)=O)C(=O)NCCC(=O)Nc2cc(/C=C/C(=O)OCC(C)C)ccc2/C=C/C(=O)OCC(C)C)CCC1. The first kappa shape index (κ1) is 43.0. The van der Waals surface area contributed by atoms with Crippen molar-refractivity contribution in [3.05, 3.63) is 41.5 Å². The number of carbonyl (C=O) groups is 7. The van der Waals surface area contributed by atoms with E-state index in [-0.39, 0.29) is 64.0 Å². The zero-order valence-electron chi connectivity index (χ0n) is 30.7. The average Bonchev–Trinajstić information content (AvgIpc) is 3.05. The summed E-state index contributed by atoms with van der Waals surface area (Å²) in [5.74, 6) is -3.06. The second-order valence-corrected chi connectivity index (χ2v) is 13.3. The van der Waals surface area contributed by atoms with Crippen molar-refractivity contribution in [2.24, 2.45) is 23.0 Å². The first-order valence-corrected chi connectivity index (χ1v) is 17.6. The van der Waals surface area contributed by atoms with Crippen molar-refractivity contribution in [1.82, 2.24) is 16.0 Å². The Bertz CT molecular complexity index is 1480. The highest BCUT2D eigenvalue weighted by Gasteiger charge is 2.52. The summed E-state index contributed by atoms with van der Waals surface area (Å²) >= 11 is 0. The molecule has 1 aromatic rings. The molecular formula is C37H53N5O10. The molecule has 0 unspecified atom stereocenters. The molecule has 1 aliphatic rings. The summed E-state index contributed by atoms with van der Waals surface area (Å²) in [5, 5.41) is 10.5. The maximum Gasteiger partial charge on any atom is 0.330 e. The van der Waals surface area contributed by atoms with Crippen LogP contribution in [0.25, 0.3) is 12.2 Å². The summed E-state index contributed by atoms with van der Waals surface area (Å²) < 4.78 is 15.5. The van der Waals surface area contributed by atoms with E-state index in [2.05, 4.69) is 21.3 Å². The summed E-state index contributed by atoms with van der Waals surface area (Å²) in [6.07, 6.45) is 7.04. The van der Waals surface area contributed by atoms with Crippen LogP contribution >= 0.6 is 0 Å². The molecule has 0 spiro atoms. The number of amides is 5. The van der Waals surface area contributed by atoms with Crippen LogP contribution in [-0.2, 0) is 43.0 Å². The van der Waals surface area contributed by atoms with Gasteiger partial charge < -0.3 is 41.2 Å². The summed E-state index contributed by atoms with van der Waals surface area (Å²) in [5.41, 5.74) is 5.15. The molecule has 0 radical (unpaired) electrons. The highest BCUT2D eigenvalue weighted by atomic mass is 16.5. The molecule has 0 bridgehead atoms. The number of nitrogens with one attached hydrogen (secondary N) is 4. The molecule has 2 rings (SSSR count). The van der Waals surface area contributed by atoms with Crippen molar-refractivity contribution in [2.45, 2.75) is 79.2 Å². The predicted octanol–water partition coefficient (Wildman–Crippen LogP) is 3.22. The first-order chi connectivity index (χ1) is 24.7. The van der Waals surface area contributed by atoms with Gasteiger partial charge in [-0.2, -0.15) is 0 Å². The van der Waals surface area contributed by atoms with Gasteiger partial charge in [-0.05, 0) is 73.8 Å². The maximum atomic E-state index is 13.3. The number of anilines is 1. The molecule has 1 aliphatic carbocycles. The van der Waals surface area contributed by atoms with Gasteiger partial charge in [0.05, 0.1) is 19.8 Å². The largest absolute Gasteiger partial charge is 0.465 e. The van der Waals surface area contributed by atoms with Crippen LogP contribution in [0, 0.1) is 17.3 Å². The van der Waals surface area contributed by atoms with Crippen LogP contribution in [0.3, 0.4) is 0 Å². The number of rotatable bonds is 21. The van der Waals surface area contributed by atoms with E-state index in [9.17, 15) is 33.6 Å². The molecule has 286 valence electrons. The van der Waals surface area contributed by atoms with E-state index in [0.717, 1.165) is 0 Å². The summed E-state index contributed by atoms with van der Waals surface area (Å²) in [6, 6.07) is 3.17.